The van der Waals surface area contributed by atoms with E-state index < -0.39 is 17.8 Å². The number of rotatable bonds is 4. The van der Waals surface area contributed by atoms with E-state index in [4.69, 9.17) is 5.11 Å². The first kappa shape index (κ1) is 13.6. The fraction of sp³-hybridized carbons (Fsp3) is 0.615. The van der Waals surface area contributed by atoms with Crippen molar-refractivity contribution in [3.8, 4) is 0 Å². The number of allylic oxidation sites excluding steroid dienone is 2. The summed E-state index contributed by atoms with van der Waals surface area (Å²) >= 11 is 0. The quantitative estimate of drug-likeness (QED) is 0.626. The van der Waals surface area contributed by atoms with Gasteiger partial charge in [-0.25, -0.2) is 0 Å². The molecule has 0 saturated carbocycles. The molecule has 104 valence electrons. The summed E-state index contributed by atoms with van der Waals surface area (Å²) in [6.07, 6.45) is 5.71. The minimum Gasteiger partial charge on any atom is -0.481 e. The highest BCUT2D eigenvalue weighted by molar-refractivity contribution is 5.85. The van der Waals surface area contributed by atoms with Gasteiger partial charge in [-0.15, -0.1) is 0 Å². The minimum atomic E-state index is -0.932. The normalized spacial score (nSPS) is 29.9. The summed E-state index contributed by atoms with van der Waals surface area (Å²) in [5.74, 6) is -2.33. The Kier molecular flexibility index (Phi) is 4.19. The van der Waals surface area contributed by atoms with E-state index in [1.807, 2.05) is 6.08 Å². The summed E-state index contributed by atoms with van der Waals surface area (Å²) in [4.78, 5) is 34.2. The summed E-state index contributed by atoms with van der Waals surface area (Å²) in [6, 6.07) is -0.0288. The molecule has 1 fully saturated rings. The number of hydrogen-bond donors (Lipinski definition) is 3. The van der Waals surface area contributed by atoms with Crippen LogP contribution in [0.1, 0.15) is 25.7 Å². The van der Waals surface area contributed by atoms with Crippen LogP contribution in [0.25, 0.3) is 0 Å². The molecule has 3 unspecified atom stereocenters. The molecule has 2 aliphatic rings. The van der Waals surface area contributed by atoms with E-state index in [9.17, 15) is 14.4 Å². The predicted molar refractivity (Wildman–Crippen MR) is 67.2 cm³/mol. The molecule has 6 heteroatoms. The molecule has 1 saturated heterocycles. The summed E-state index contributed by atoms with van der Waals surface area (Å²) in [7, 11) is 0. The third-order valence-corrected chi connectivity index (χ3v) is 3.69. The van der Waals surface area contributed by atoms with Gasteiger partial charge in [-0.1, -0.05) is 12.2 Å². The van der Waals surface area contributed by atoms with Crippen LogP contribution in [0, 0.1) is 11.8 Å². The van der Waals surface area contributed by atoms with Crippen molar-refractivity contribution >= 4 is 17.8 Å². The van der Waals surface area contributed by atoms with E-state index in [2.05, 4.69) is 10.6 Å². The van der Waals surface area contributed by atoms with Crippen LogP contribution in [0.4, 0.5) is 0 Å². The lowest BCUT2D eigenvalue weighted by Gasteiger charge is -2.24. The standard InChI is InChI=1S/C13H18N2O4/c16-11-6-5-8(15-11)7-14-12(17)9-3-1-2-4-10(9)13(18)19/h1-2,8-10H,3-7H2,(H,14,17)(H,15,16)(H,18,19). The Hall–Kier alpha value is -1.85. The van der Waals surface area contributed by atoms with Gasteiger partial charge in [0, 0.05) is 19.0 Å². The second-order valence-corrected chi connectivity index (χ2v) is 5.04. The lowest BCUT2D eigenvalue weighted by atomic mass is 9.82. The Morgan fingerprint density at radius 1 is 1.32 bits per heavy atom. The monoisotopic (exact) mass is 266 g/mol. The van der Waals surface area contributed by atoms with E-state index in [1.165, 1.54) is 0 Å². The molecule has 6 nitrogen and oxygen atoms in total. The molecule has 1 aliphatic carbocycles. The Balaban J connectivity index is 1.86. The van der Waals surface area contributed by atoms with Gasteiger partial charge in [-0.05, 0) is 19.3 Å². The van der Waals surface area contributed by atoms with Crippen LogP contribution in [-0.4, -0.2) is 35.5 Å². The van der Waals surface area contributed by atoms with Crippen molar-refractivity contribution in [1.29, 1.82) is 0 Å². The predicted octanol–water partition coefficient (Wildman–Crippen LogP) is 0.0482. The van der Waals surface area contributed by atoms with Gasteiger partial charge in [0.2, 0.25) is 11.8 Å². The Labute approximate surface area is 111 Å². The SMILES string of the molecule is O=C1CCC(CNC(=O)C2CC=CCC2C(=O)O)N1. The van der Waals surface area contributed by atoms with Crippen LogP contribution in [0.5, 0.6) is 0 Å². The third kappa shape index (κ3) is 3.33. The maximum atomic E-state index is 12.0. The zero-order chi connectivity index (χ0) is 13.8. The van der Waals surface area contributed by atoms with Gasteiger partial charge < -0.3 is 15.7 Å². The average Bonchev–Trinajstić information content (AvgIpc) is 2.81. The topological polar surface area (TPSA) is 95.5 Å². The molecule has 3 atom stereocenters. The smallest absolute Gasteiger partial charge is 0.307 e. The number of nitrogens with one attached hydrogen (secondary N) is 2. The van der Waals surface area contributed by atoms with E-state index in [0.717, 1.165) is 0 Å². The van der Waals surface area contributed by atoms with Crippen LogP contribution < -0.4 is 10.6 Å². The summed E-state index contributed by atoms with van der Waals surface area (Å²) in [5.41, 5.74) is 0. The van der Waals surface area contributed by atoms with Gasteiger partial charge in [0.05, 0.1) is 11.8 Å². The summed E-state index contributed by atoms with van der Waals surface area (Å²) < 4.78 is 0. The van der Waals surface area contributed by atoms with E-state index in [-0.39, 0.29) is 17.9 Å². The zero-order valence-corrected chi connectivity index (χ0v) is 10.6. The minimum absolute atomic E-state index is 0.00302. The van der Waals surface area contributed by atoms with Gasteiger partial charge in [-0.2, -0.15) is 0 Å². The van der Waals surface area contributed by atoms with Crippen LogP contribution in [-0.2, 0) is 14.4 Å². The van der Waals surface area contributed by atoms with Gasteiger partial charge in [0.1, 0.15) is 0 Å². The van der Waals surface area contributed by atoms with Gasteiger partial charge in [0.25, 0.3) is 0 Å². The first-order valence-electron chi connectivity index (χ1n) is 6.53. The lowest BCUT2D eigenvalue weighted by Crippen LogP contribution is -2.44. The fourth-order valence-corrected chi connectivity index (χ4v) is 2.56. The van der Waals surface area contributed by atoms with Crippen molar-refractivity contribution in [3.05, 3.63) is 12.2 Å². The van der Waals surface area contributed by atoms with E-state index in [1.54, 1.807) is 6.08 Å². The summed E-state index contributed by atoms with van der Waals surface area (Å²) in [6.45, 7) is 0.372. The number of hydrogen-bond acceptors (Lipinski definition) is 3. The number of carboxylic acids is 1. The number of carbonyl (C=O) groups excluding carboxylic acids is 2. The molecule has 0 radical (unpaired) electrons. The third-order valence-electron chi connectivity index (χ3n) is 3.69. The second kappa shape index (κ2) is 5.86. The molecule has 19 heavy (non-hydrogen) atoms. The van der Waals surface area contributed by atoms with Gasteiger partial charge >= 0.3 is 5.97 Å². The first-order valence-corrected chi connectivity index (χ1v) is 6.53. The van der Waals surface area contributed by atoms with Crippen LogP contribution >= 0.6 is 0 Å². The summed E-state index contributed by atoms with van der Waals surface area (Å²) in [5, 5.41) is 14.6. The van der Waals surface area contributed by atoms with Crippen molar-refractivity contribution in [1.82, 2.24) is 10.6 Å². The van der Waals surface area contributed by atoms with Crippen molar-refractivity contribution < 1.29 is 19.5 Å². The van der Waals surface area contributed by atoms with Crippen LogP contribution in [0.2, 0.25) is 0 Å². The average molecular weight is 266 g/mol. The highest BCUT2D eigenvalue weighted by atomic mass is 16.4. The molecule has 1 aliphatic heterocycles. The Morgan fingerprint density at radius 2 is 2.00 bits per heavy atom. The van der Waals surface area contributed by atoms with Crippen molar-refractivity contribution in [2.45, 2.75) is 31.7 Å². The van der Waals surface area contributed by atoms with Gasteiger partial charge in [-0.3, -0.25) is 14.4 Å². The number of aliphatic carboxylic acids is 1. The number of carboxylic acid groups (broad SMARTS) is 1. The molecule has 0 aromatic carbocycles. The molecule has 1 heterocycles. The molecule has 0 aromatic rings. The molecule has 2 amide bonds. The largest absolute Gasteiger partial charge is 0.481 e. The molecular formula is C13H18N2O4. The molecule has 2 rings (SSSR count). The zero-order valence-electron chi connectivity index (χ0n) is 10.6. The molecular weight excluding hydrogens is 248 g/mol. The van der Waals surface area contributed by atoms with Crippen LogP contribution in [0.15, 0.2) is 12.2 Å². The second-order valence-electron chi connectivity index (χ2n) is 5.04. The first-order chi connectivity index (χ1) is 9.08. The highest BCUT2D eigenvalue weighted by Crippen LogP contribution is 2.26. The molecule has 0 aromatic heterocycles. The molecule has 3 N–H and O–H groups in total. The Morgan fingerprint density at radius 3 is 2.58 bits per heavy atom. The van der Waals surface area contributed by atoms with Crippen molar-refractivity contribution in [2.24, 2.45) is 11.8 Å². The number of amides is 2. The Bertz CT molecular complexity index is 419. The maximum Gasteiger partial charge on any atom is 0.307 e. The number of carbonyl (C=O) groups is 3. The fourth-order valence-electron chi connectivity index (χ4n) is 2.56. The molecule has 0 spiro atoms. The lowest BCUT2D eigenvalue weighted by molar-refractivity contribution is -0.147. The van der Waals surface area contributed by atoms with Gasteiger partial charge in [0.15, 0.2) is 0 Å². The van der Waals surface area contributed by atoms with E-state index >= 15 is 0 Å². The highest BCUT2D eigenvalue weighted by Gasteiger charge is 2.34. The van der Waals surface area contributed by atoms with Crippen LogP contribution in [0.3, 0.4) is 0 Å². The van der Waals surface area contributed by atoms with Crippen molar-refractivity contribution in [2.75, 3.05) is 6.54 Å². The molecule has 0 bridgehead atoms. The van der Waals surface area contributed by atoms with E-state index in [0.29, 0.717) is 32.2 Å². The maximum absolute atomic E-state index is 12.0. The van der Waals surface area contributed by atoms with Crippen molar-refractivity contribution in [3.63, 3.8) is 0 Å².